The van der Waals surface area contributed by atoms with E-state index in [2.05, 4.69) is 84.3 Å². The molecule has 1 nitrogen and oxygen atoms in total. The zero-order valence-corrected chi connectivity index (χ0v) is 13.8. The molecule has 24 heavy (non-hydrogen) atoms. The smallest absolute Gasteiger partial charge is 0.0478 e. The Kier molecular flexibility index (Phi) is 2.90. The average Bonchev–Trinajstić information content (AvgIpc) is 2.95. The quantitative estimate of drug-likeness (QED) is 0.381. The maximum atomic E-state index is 2.49. The van der Waals surface area contributed by atoms with Crippen LogP contribution in [0, 0.1) is 6.92 Å². The number of aryl methyl sites for hydroxylation is 1. The van der Waals surface area contributed by atoms with Gasteiger partial charge in [0.1, 0.15) is 0 Å². The molecule has 0 atom stereocenters. The second-order valence-corrected chi connectivity index (χ2v) is 6.70. The third kappa shape index (κ3) is 1.94. The van der Waals surface area contributed by atoms with Gasteiger partial charge in [-0.3, -0.25) is 0 Å². The van der Waals surface area contributed by atoms with E-state index < -0.39 is 0 Å². The van der Waals surface area contributed by atoms with Gasteiger partial charge in [-0.2, -0.15) is 0 Å². The molecule has 0 bridgehead atoms. The Labute approximate surface area is 142 Å². The summed E-state index contributed by atoms with van der Waals surface area (Å²) in [4.78, 5) is 0. The monoisotopic (exact) mass is 309 g/mol. The molecular formula is C23H19N. The zero-order valence-electron chi connectivity index (χ0n) is 13.8. The van der Waals surface area contributed by atoms with Gasteiger partial charge in [0, 0.05) is 29.9 Å². The molecule has 0 saturated carbocycles. The van der Waals surface area contributed by atoms with Crippen LogP contribution in [0.3, 0.4) is 0 Å². The van der Waals surface area contributed by atoms with E-state index in [0.717, 1.165) is 13.0 Å². The number of rotatable bonds is 1. The highest BCUT2D eigenvalue weighted by molar-refractivity contribution is 5.97. The third-order valence-electron chi connectivity index (χ3n) is 5.30. The van der Waals surface area contributed by atoms with Crippen LogP contribution in [0.2, 0.25) is 0 Å². The first kappa shape index (κ1) is 13.6. The van der Waals surface area contributed by atoms with Crippen molar-refractivity contribution in [2.24, 2.45) is 0 Å². The van der Waals surface area contributed by atoms with Crippen molar-refractivity contribution >= 4 is 10.8 Å². The second-order valence-electron chi connectivity index (χ2n) is 6.70. The van der Waals surface area contributed by atoms with Gasteiger partial charge in [-0.15, -0.1) is 0 Å². The molecule has 0 N–H and O–H groups in total. The molecule has 1 aliphatic heterocycles. The van der Waals surface area contributed by atoms with Crippen molar-refractivity contribution in [3.63, 3.8) is 0 Å². The van der Waals surface area contributed by atoms with E-state index in [1.807, 2.05) is 0 Å². The molecule has 116 valence electrons. The summed E-state index contributed by atoms with van der Waals surface area (Å²) in [6, 6.07) is 26.5. The van der Waals surface area contributed by atoms with Crippen LogP contribution in [-0.2, 0) is 13.0 Å². The van der Waals surface area contributed by atoms with Crippen LogP contribution in [0.4, 0.5) is 0 Å². The highest BCUT2D eigenvalue weighted by Crippen LogP contribution is 2.36. The minimum absolute atomic E-state index is 0.988. The summed E-state index contributed by atoms with van der Waals surface area (Å²) < 4.78 is 2.49. The number of nitrogens with zero attached hydrogens (tertiary/aromatic N) is 1. The maximum Gasteiger partial charge on any atom is 0.0478 e. The van der Waals surface area contributed by atoms with Gasteiger partial charge in [0.25, 0.3) is 0 Å². The summed E-state index contributed by atoms with van der Waals surface area (Å²) in [7, 11) is 0. The van der Waals surface area contributed by atoms with Crippen molar-refractivity contribution in [1.29, 1.82) is 0 Å². The molecule has 1 heteroatoms. The third-order valence-corrected chi connectivity index (χ3v) is 5.30. The predicted octanol–water partition coefficient (Wildman–Crippen LogP) is 5.57. The first-order valence-electron chi connectivity index (χ1n) is 8.55. The van der Waals surface area contributed by atoms with Crippen LogP contribution in [0.5, 0.6) is 0 Å². The van der Waals surface area contributed by atoms with E-state index in [0.29, 0.717) is 0 Å². The first-order chi connectivity index (χ1) is 11.8. The van der Waals surface area contributed by atoms with Gasteiger partial charge >= 0.3 is 0 Å². The predicted molar refractivity (Wildman–Crippen MR) is 100 cm³/mol. The molecule has 3 aromatic carbocycles. The van der Waals surface area contributed by atoms with Crippen LogP contribution in [0.15, 0.2) is 72.8 Å². The molecule has 1 aromatic heterocycles. The average molecular weight is 309 g/mol. The number of fused-ring (bicyclic) bond motifs is 3. The summed E-state index contributed by atoms with van der Waals surface area (Å²) in [5.74, 6) is 0. The first-order valence-corrected chi connectivity index (χ1v) is 8.55. The molecule has 0 amide bonds. The second kappa shape index (κ2) is 5.10. The zero-order chi connectivity index (χ0) is 16.1. The Bertz CT molecular complexity index is 1060. The van der Waals surface area contributed by atoms with Crippen LogP contribution >= 0.6 is 0 Å². The summed E-state index contributed by atoms with van der Waals surface area (Å²) in [5, 5.41) is 2.65. The highest BCUT2D eigenvalue weighted by Gasteiger charge is 2.21. The van der Waals surface area contributed by atoms with Gasteiger partial charge in [-0.25, -0.2) is 0 Å². The fourth-order valence-corrected chi connectivity index (χ4v) is 4.07. The van der Waals surface area contributed by atoms with E-state index in [4.69, 9.17) is 0 Å². The van der Waals surface area contributed by atoms with E-state index >= 15 is 0 Å². The summed E-state index contributed by atoms with van der Waals surface area (Å²) in [5.41, 5.74) is 8.45. The van der Waals surface area contributed by atoms with Crippen LogP contribution in [-0.4, -0.2) is 4.57 Å². The van der Waals surface area contributed by atoms with Crippen LogP contribution < -0.4 is 0 Å². The number of benzene rings is 3. The van der Waals surface area contributed by atoms with E-state index in [-0.39, 0.29) is 0 Å². The molecule has 4 aromatic rings. The van der Waals surface area contributed by atoms with Crippen molar-refractivity contribution in [3.8, 4) is 11.1 Å². The lowest BCUT2D eigenvalue weighted by atomic mass is 9.93. The number of hydrogen-bond donors (Lipinski definition) is 0. The molecule has 5 rings (SSSR count). The Balaban J connectivity index is 1.74. The van der Waals surface area contributed by atoms with Crippen molar-refractivity contribution in [2.75, 3.05) is 0 Å². The Morgan fingerprint density at radius 1 is 0.750 bits per heavy atom. The van der Waals surface area contributed by atoms with Crippen LogP contribution in [0.25, 0.3) is 21.9 Å². The summed E-state index contributed by atoms with van der Waals surface area (Å²) in [6.45, 7) is 3.22. The van der Waals surface area contributed by atoms with E-state index in [1.165, 1.54) is 44.4 Å². The van der Waals surface area contributed by atoms with Crippen LogP contribution in [0.1, 0.15) is 22.5 Å². The van der Waals surface area contributed by atoms with Crippen molar-refractivity contribution < 1.29 is 0 Å². The molecule has 0 radical (unpaired) electrons. The van der Waals surface area contributed by atoms with Crippen molar-refractivity contribution in [3.05, 3.63) is 95.3 Å². The molecular weight excluding hydrogens is 290 g/mol. The minimum Gasteiger partial charge on any atom is -0.344 e. The molecule has 0 spiro atoms. The van der Waals surface area contributed by atoms with Gasteiger partial charge in [0.15, 0.2) is 0 Å². The number of aromatic nitrogens is 1. The lowest BCUT2D eigenvalue weighted by Gasteiger charge is -2.22. The molecule has 0 fully saturated rings. The lowest BCUT2D eigenvalue weighted by molar-refractivity contribution is 0.699. The van der Waals surface area contributed by atoms with Gasteiger partial charge < -0.3 is 4.57 Å². The highest BCUT2D eigenvalue weighted by atomic mass is 15.0. The maximum absolute atomic E-state index is 2.49. The minimum atomic E-state index is 0.988. The topological polar surface area (TPSA) is 4.93 Å². The number of hydrogen-bond acceptors (Lipinski definition) is 0. The molecule has 0 aliphatic carbocycles. The van der Waals surface area contributed by atoms with E-state index in [1.54, 1.807) is 0 Å². The molecule has 2 heterocycles. The Morgan fingerprint density at radius 3 is 2.42 bits per heavy atom. The van der Waals surface area contributed by atoms with Gasteiger partial charge in [0.2, 0.25) is 0 Å². The van der Waals surface area contributed by atoms with Gasteiger partial charge in [-0.05, 0) is 40.5 Å². The van der Waals surface area contributed by atoms with Gasteiger partial charge in [-0.1, -0.05) is 66.7 Å². The lowest BCUT2D eigenvalue weighted by Crippen LogP contribution is -2.14. The Hall–Kier alpha value is -2.80. The van der Waals surface area contributed by atoms with Crippen molar-refractivity contribution in [1.82, 2.24) is 4.57 Å². The van der Waals surface area contributed by atoms with E-state index in [9.17, 15) is 0 Å². The standard InChI is InChI=1S/C23H19N/c1-16-13-22(21-12-6-10-17-7-4-5-11-20(17)21)23-14-18-8-2-3-9-19(18)15-24(16)23/h2-13H,14-15H2,1H3. The largest absolute Gasteiger partial charge is 0.344 e. The fourth-order valence-electron chi connectivity index (χ4n) is 4.07. The Morgan fingerprint density at radius 2 is 1.50 bits per heavy atom. The van der Waals surface area contributed by atoms with Gasteiger partial charge in [0.05, 0.1) is 0 Å². The normalized spacial score (nSPS) is 12.9. The summed E-state index contributed by atoms with van der Waals surface area (Å²) in [6.07, 6.45) is 1.02. The SMILES string of the molecule is Cc1cc(-c2cccc3ccccc23)c2n1Cc1ccccc1C2. The molecule has 0 unspecified atom stereocenters. The molecule has 1 aliphatic rings. The molecule has 0 saturated heterocycles. The van der Waals surface area contributed by atoms with Crippen molar-refractivity contribution in [2.45, 2.75) is 19.9 Å². The fraction of sp³-hybridized carbons (Fsp3) is 0.130. The summed E-state index contributed by atoms with van der Waals surface area (Å²) >= 11 is 0.